The second-order valence-corrected chi connectivity index (χ2v) is 8.30. The van der Waals surface area contributed by atoms with Crippen LogP contribution in [0.1, 0.15) is 59.8 Å². The summed E-state index contributed by atoms with van der Waals surface area (Å²) in [6.07, 6.45) is 5.98. The summed E-state index contributed by atoms with van der Waals surface area (Å²) in [5.74, 6) is -0.297. The van der Waals surface area contributed by atoms with E-state index in [0.29, 0.717) is 28.8 Å². The van der Waals surface area contributed by atoms with Crippen molar-refractivity contribution in [3.63, 3.8) is 0 Å². The quantitative estimate of drug-likeness (QED) is 0.347. The Morgan fingerprint density at radius 3 is 2.61 bits per heavy atom. The van der Waals surface area contributed by atoms with Crippen LogP contribution in [0.4, 0.5) is 4.39 Å². The highest BCUT2D eigenvalue weighted by Crippen LogP contribution is 2.40. The maximum atomic E-state index is 14.8. The van der Waals surface area contributed by atoms with Crippen molar-refractivity contribution in [2.75, 3.05) is 0 Å². The summed E-state index contributed by atoms with van der Waals surface area (Å²) in [7, 11) is 0. The molecule has 4 rings (SSSR count). The molecule has 3 nitrogen and oxygen atoms in total. The van der Waals surface area contributed by atoms with Crippen molar-refractivity contribution in [1.82, 2.24) is 4.98 Å². The summed E-state index contributed by atoms with van der Waals surface area (Å²) in [5.41, 5.74) is 6.72. The predicted octanol–water partition coefficient (Wildman–Crippen LogP) is 6.63. The fourth-order valence-electron chi connectivity index (χ4n) is 4.68. The van der Waals surface area contributed by atoms with Crippen LogP contribution in [0, 0.1) is 25.6 Å². The summed E-state index contributed by atoms with van der Waals surface area (Å²) >= 11 is 0. The monoisotopic (exact) mass is 415 g/mol. The van der Waals surface area contributed by atoms with Gasteiger partial charge in [0.1, 0.15) is 17.8 Å². The molecular weight excluding hydrogens is 389 g/mol. The SMILES string of the molecule is CCC(=O)c1cc(-c2ccccc2F)c2c(C)c(C3=CCC(C=O)CC3)c(C)cc2n1. The Hall–Kier alpha value is -3.14. The zero-order valence-corrected chi connectivity index (χ0v) is 18.2. The van der Waals surface area contributed by atoms with Gasteiger partial charge in [-0.1, -0.05) is 31.2 Å². The molecule has 1 aliphatic carbocycles. The van der Waals surface area contributed by atoms with E-state index in [2.05, 4.69) is 11.1 Å². The minimum Gasteiger partial charge on any atom is -0.303 e. The molecule has 1 atom stereocenters. The van der Waals surface area contributed by atoms with Gasteiger partial charge in [-0.25, -0.2) is 9.37 Å². The average Bonchev–Trinajstić information content (AvgIpc) is 2.78. The van der Waals surface area contributed by atoms with E-state index in [1.807, 2.05) is 19.9 Å². The maximum Gasteiger partial charge on any atom is 0.180 e. The molecule has 0 N–H and O–H groups in total. The van der Waals surface area contributed by atoms with E-state index < -0.39 is 0 Å². The number of hydrogen-bond donors (Lipinski definition) is 0. The molecule has 31 heavy (non-hydrogen) atoms. The number of benzene rings is 2. The van der Waals surface area contributed by atoms with Gasteiger partial charge in [0.05, 0.1) is 5.52 Å². The molecule has 1 aromatic heterocycles. The van der Waals surface area contributed by atoms with Gasteiger partial charge < -0.3 is 4.79 Å². The lowest BCUT2D eigenvalue weighted by molar-refractivity contribution is -0.111. The molecule has 3 aromatic rings. The van der Waals surface area contributed by atoms with Gasteiger partial charge in [0.15, 0.2) is 5.78 Å². The van der Waals surface area contributed by atoms with Gasteiger partial charge in [0.2, 0.25) is 0 Å². The second-order valence-electron chi connectivity index (χ2n) is 8.30. The molecule has 0 saturated heterocycles. The predicted molar refractivity (Wildman–Crippen MR) is 123 cm³/mol. The highest BCUT2D eigenvalue weighted by atomic mass is 19.1. The standard InChI is InChI=1S/C27H26FNO2/c1-4-25(31)23-14-21(20-7-5-6-8-22(20)28)27-17(3)26(16(2)13-24(27)29-23)19-11-9-18(15-30)10-12-19/h5-8,11,13-15,18H,4,9-10,12H2,1-3H3. The van der Waals surface area contributed by atoms with E-state index in [4.69, 9.17) is 0 Å². The van der Waals surface area contributed by atoms with Crippen LogP contribution in [0.5, 0.6) is 0 Å². The van der Waals surface area contributed by atoms with Crippen LogP contribution in [-0.4, -0.2) is 17.1 Å². The van der Waals surface area contributed by atoms with Crippen molar-refractivity contribution in [1.29, 1.82) is 0 Å². The smallest absolute Gasteiger partial charge is 0.180 e. The summed E-state index contributed by atoms with van der Waals surface area (Å²) < 4.78 is 14.8. The molecule has 2 aromatic carbocycles. The van der Waals surface area contributed by atoms with E-state index in [0.717, 1.165) is 47.6 Å². The Morgan fingerprint density at radius 2 is 1.97 bits per heavy atom. The summed E-state index contributed by atoms with van der Waals surface area (Å²) in [6.45, 7) is 5.90. The average molecular weight is 416 g/mol. The lowest BCUT2D eigenvalue weighted by Crippen LogP contribution is -2.09. The van der Waals surface area contributed by atoms with E-state index >= 15 is 0 Å². The van der Waals surface area contributed by atoms with Gasteiger partial charge in [-0.2, -0.15) is 0 Å². The topological polar surface area (TPSA) is 47.0 Å². The number of carbonyl (C=O) groups excluding carboxylic acids is 2. The molecule has 0 saturated carbocycles. The van der Waals surface area contributed by atoms with Gasteiger partial charge in [-0.3, -0.25) is 4.79 Å². The Morgan fingerprint density at radius 1 is 1.19 bits per heavy atom. The van der Waals surface area contributed by atoms with E-state index in [1.165, 1.54) is 11.6 Å². The summed E-state index contributed by atoms with van der Waals surface area (Å²) in [4.78, 5) is 28.3. The van der Waals surface area contributed by atoms with Crippen molar-refractivity contribution >= 4 is 28.5 Å². The molecule has 1 unspecified atom stereocenters. The minimum absolute atomic E-state index is 0.0613. The van der Waals surface area contributed by atoms with Gasteiger partial charge >= 0.3 is 0 Å². The number of allylic oxidation sites excluding steroid dienone is 2. The van der Waals surface area contributed by atoms with Gasteiger partial charge in [-0.05, 0) is 79.1 Å². The normalized spacial score (nSPS) is 16.3. The molecule has 158 valence electrons. The van der Waals surface area contributed by atoms with Crippen LogP contribution >= 0.6 is 0 Å². The van der Waals surface area contributed by atoms with Crippen molar-refractivity contribution < 1.29 is 14.0 Å². The Bertz CT molecular complexity index is 1230. The van der Waals surface area contributed by atoms with Crippen LogP contribution in [0.3, 0.4) is 0 Å². The zero-order chi connectivity index (χ0) is 22.1. The number of pyridine rings is 1. The van der Waals surface area contributed by atoms with Crippen LogP contribution in [-0.2, 0) is 4.79 Å². The van der Waals surface area contributed by atoms with Gasteiger partial charge in [-0.15, -0.1) is 0 Å². The molecule has 0 fully saturated rings. The molecular formula is C27H26FNO2. The number of Topliss-reactive ketones (excluding diaryl/α,β-unsaturated/α-hetero) is 1. The van der Waals surface area contributed by atoms with Gasteiger partial charge in [0, 0.05) is 23.3 Å². The van der Waals surface area contributed by atoms with Crippen LogP contribution in [0.15, 0.2) is 42.5 Å². The third kappa shape index (κ3) is 3.83. The first-order valence-electron chi connectivity index (χ1n) is 10.8. The third-order valence-corrected chi connectivity index (χ3v) is 6.28. The van der Waals surface area contributed by atoms with Crippen molar-refractivity contribution in [3.8, 4) is 11.1 Å². The number of aldehydes is 1. The summed E-state index contributed by atoms with van der Waals surface area (Å²) in [5, 5.41) is 0.872. The molecule has 0 bridgehead atoms. The first kappa shape index (κ1) is 21.1. The Labute approximate surface area is 182 Å². The van der Waals surface area contributed by atoms with E-state index in [9.17, 15) is 14.0 Å². The summed E-state index contributed by atoms with van der Waals surface area (Å²) in [6, 6.07) is 10.4. The van der Waals surface area contributed by atoms with Crippen LogP contribution in [0.2, 0.25) is 0 Å². The fraction of sp³-hybridized carbons (Fsp3) is 0.296. The Kier molecular flexibility index (Phi) is 5.81. The molecule has 1 heterocycles. The molecule has 0 radical (unpaired) electrons. The number of hydrogen-bond acceptors (Lipinski definition) is 3. The second kappa shape index (κ2) is 8.54. The van der Waals surface area contributed by atoms with Crippen LogP contribution in [0.25, 0.3) is 27.6 Å². The first-order valence-corrected chi connectivity index (χ1v) is 10.8. The van der Waals surface area contributed by atoms with Crippen molar-refractivity contribution in [2.45, 2.75) is 46.5 Å². The third-order valence-electron chi connectivity index (χ3n) is 6.28. The lowest BCUT2D eigenvalue weighted by Gasteiger charge is -2.23. The Balaban J connectivity index is 2.02. The fourth-order valence-corrected chi connectivity index (χ4v) is 4.68. The number of aryl methyl sites for hydroxylation is 2. The number of carbonyl (C=O) groups is 2. The molecule has 4 heteroatoms. The van der Waals surface area contributed by atoms with E-state index in [1.54, 1.807) is 31.2 Å². The van der Waals surface area contributed by atoms with Crippen molar-refractivity contribution in [3.05, 3.63) is 70.7 Å². The number of ketones is 1. The number of aromatic nitrogens is 1. The maximum absolute atomic E-state index is 14.8. The van der Waals surface area contributed by atoms with Crippen molar-refractivity contribution in [2.24, 2.45) is 5.92 Å². The number of halogens is 1. The number of rotatable bonds is 5. The first-order chi connectivity index (χ1) is 14.9. The molecule has 0 amide bonds. The lowest BCUT2D eigenvalue weighted by atomic mass is 9.82. The number of nitrogens with zero attached hydrogens (tertiary/aromatic N) is 1. The minimum atomic E-state index is -0.322. The largest absolute Gasteiger partial charge is 0.303 e. The zero-order valence-electron chi connectivity index (χ0n) is 18.2. The van der Waals surface area contributed by atoms with Crippen LogP contribution < -0.4 is 0 Å². The molecule has 0 aliphatic heterocycles. The van der Waals surface area contributed by atoms with E-state index in [-0.39, 0.29) is 17.5 Å². The highest BCUT2D eigenvalue weighted by Gasteiger charge is 2.22. The van der Waals surface area contributed by atoms with Gasteiger partial charge in [0.25, 0.3) is 0 Å². The molecule has 1 aliphatic rings. The number of fused-ring (bicyclic) bond motifs is 1. The highest BCUT2D eigenvalue weighted by molar-refractivity contribution is 6.05. The molecule has 0 spiro atoms.